The monoisotopic (exact) mass is 315 g/mol. The Labute approximate surface area is 133 Å². The molecular weight excluding hydrogens is 302 g/mol. The van der Waals surface area contributed by atoms with Gasteiger partial charge in [0.1, 0.15) is 0 Å². The average molecular weight is 316 g/mol. The fourth-order valence-corrected chi connectivity index (χ4v) is 2.06. The van der Waals surface area contributed by atoms with Crippen molar-refractivity contribution in [3.63, 3.8) is 0 Å². The Morgan fingerprint density at radius 3 is 2.14 bits per heavy atom. The zero-order valence-electron chi connectivity index (χ0n) is 11.8. The second-order valence-electron chi connectivity index (χ2n) is 4.67. The normalized spacial score (nSPS) is 11.1. The van der Waals surface area contributed by atoms with Crippen molar-refractivity contribution < 1.29 is 14.7 Å². The second kappa shape index (κ2) is 6.91. The lowest BCUT2D eigenvalue weighted by Gasteiger charge is -2.05. The Hall–Kier alpha value is -2.59. The van der Waals surface area contributed by atoms with Crippen LogP contribution >= 0.6 is 11.6 Å². The van der Waals surface area contributed by atoms with Crippen LogP contribution in [0.1, 0.15) is 18.1 Å². The van der Waals surface area contributed by atoms with Crippen molar-refractivity contribution in [2.75, 3.05) is 5.32 Å². The fourth-order valence-electron chi connectivity index (χ4n) is 1.93. The van der Waals surface area contributed by atoms with Gasteiger partial charge in [0.15, 0.2) is 0 Å². The third kappa shape index (κ3) is 4.20. The number of nitrogens with one attached hydrogen (secondary N) is 1. The molecule has 0 unspecified atom stereocenters. The molecule has 0 fully saturated rings. The predicted octanol–water partition coefficient (Wildman–Crippen LogP) is 3.92. The molecule has 0 heterocycles. The van der Waals surface area contributed by atoms with Crippen LogP contribution < -0.4 is 5.32 Å². The number of amides is 1. The molecule has 2 N–H and O–H groups in total. The van der Waals surface area contributed by atoms with Gasteiger partial charge in [-0.25, -0.2) is 4.79 Å². The number of aliphatic carboxylic acids is 1. The predicted molar refractivity (Wildman–Crippen MR) is 87.7 cm³/mol. The molecule has 0 bridgehead atoms. The molecule has 4 nitrogen and oxygen atoms in total. The number of carbonyl (C=O) groups is 2. The number of hydrogen-bond acceptors (Lipinski definition) is 2. The van der Waals surface area contributed by atoms with E-state index in [-0.39, 0.29) is 11.5 Å². The number of carbonyl (C=O) groups excluding carboxylic acids is 1. The summed E-state index contributed by atoms with van der Waals surface area (Å²) < 4.78 is 0. The van der Waals surface area contributed by atoms with Gasteiger partial charge in [0.2, 0.25) is 5.91 Å². The first-order chi connectivity index (χ1) is 10.5. The van der Waals surface area contributed by atoms with Gasteiger partial charge < -0.3 is 10.4 Å². The third-order valence-electron chi connectivity index (χ3n) is 2.93. The molecule has 1 amide bonds. The van der Waals surface area contributed by atoms with E-state index in [0.717, 1.165) is 5.56 Å². The molecule has 0 aliphatic carbocycles. The number of halogens is 1. The summed E-state index contributed by atoms with van der Waals surface area (Å²) in [5.41, 5.74) is 2.13. The lowest BCUT2D eigenvalue weighted by Crippen LogP contribution is -2.05. The largest absolute Gasteiger partial charge is 0.478 e. The fraction of sp³-hybridized carbons (Fsp3) is 0.0588. The SMILES string of the molecule is CC(=O)Nc1ccc(C=C(C(=O)O)c2ccc(Cl)cc2)cc1. The quantitative estimate of drug-likeness (QED) is 0.663. The Balaban J connectivity index is 2.32. The van der Waals surface area contributed by atoms with Crippen LogP contribution in [-0.4, -0.2) is 17.0 Å². The van der Waals surface area contributed by atoms with Gasteiger partial charge in [0.05, 0.1) is 5.57 Å². The molecule has 0 atom stereocenters. The Morgan fingerprint density at radius 2 is 1.64 bits per heavy atom. The minimum absolute atomic E-state index is 0.157. The van der Waals surface area contributed by atoms with E-state index >= 15 is 0 Å². The maximum atomic E-state index is 11.4. The van der Waals surface area contributed by atoms with Crippen LogP contribution in [0, 0.1) is 0 Å². The average Bonchev–Trinajstić information content (AvgIpc) is 2.47. The Kier molecular flexibility index (Phi) is 4.96. The summed E-state index contributed by atoms with van der Waals surface area (Å²) in [5, 5.41) is 12.6. The van der Waals surface area contributed by atoms with E-state index in [1.165, 1.54) is 6.92 Å². The number of benzene rings is 2. The van der Waals surface area contributed by atoms with Gasteiger partial charge >= 0.3 is 5.97 Å². The van der Waals surface area contributed by atoms with Gasteiger partial charge in [-0.3, -0.25) is 4.79 Å². The van der Waals surface area contributed by atoms with Crippen molar-refractivity contribution in [1.29, 1.82) is 0 Å². The molecule has 0 aliphatic heterocycles. The Bertz CT molecular complexity index is 719. The van der Waals surface area contributed by atoms with Crippen molar-refractivity contribution >= 4 is 40.8 Å². The van der Waals surface area contributed by atoms with Crippen LogP contribution in [0.25, 0.3) is 11.6 Å². The van der Waals surface area contributed by atoms with Crippen LogP contribution in [0.15, 0.2) is 48.5 Å². The molecule has 0 saturated heterocycles. The summed E-state index contributed by atoms with van der Waals surface area (Å²) in [5.74, 6) is -1.18. The van der Waals surface area contributed by atoms with Gasteiger partial charge in [-0.1, -0.05) is 35.9 Å². The smallest absolute Gasteiger partial charge is 0.336 e. The molecule has 2 aromatic rings. The van der Waals surface area contributed by atoms with Gasteiger partial charge in [-0.15, -0.1) is 0 Å². The highest BCUT2D eigenvalue weighted by atomic mass is 35.5. The van der Waals surface area contributed by atoms with E-state index < -0.39 is 5.97 Å². The minimum atomic E-state index is -1.02. The molecular formula is C17H14ClNO3. The molecule has 0 aliphatic rings. The first kappa shape index (κ1) is 15.8. The number of carboxylic acids is 1. The Morgan fingerprint density at radius 1 is 1.05 bits per heavy atom. The van der Waals surface area contributed by atoms with Gasteiger partial charge in [-0.05, 0) is 41.5 Å². The molecule has 0 radical (unpaired) electrons. The summed E-state index contributed by atoms with van der Waals surface area (Å²) in [4.78, 5) is 22.4. The molecule has 22 heavy (non-hydrogen) atoms. The van der Waals surface area contributed by atoms with Crippen molar-refractivity contribution in [3.8, 4) is 0 Å². The summed E-state index contributed by atoms with van der Waals surface area (Å²) >= 11 is 5.81. The van der Waals surface area contributed by atoms with E-state index in [0.29, 0.717) is 16.3 Å². The molecule has 2 aromatic carbocycles. The number of hydrogen-bond donors (Lipinski definition) is 2. The maximum Gasteiger partial charge on any atom is 0.336 e. The van der Waals surface area contributed by atoms with Gasteiger partial charge in [0.25, 0.3) is 0 Å². The van der Waals surface area contributed by atoms with E-state index in [1.54, 1.807) is 54.6 Å². The zero-order chi connectivity index (χ0) is 16.1. The third-order valence-corrected chi connectivity index (χ3v) is 3.18. The van der Waals surface area contributed by atoms with Gasteiger partial charge in [-0.2, -0.15) is 0 Å². The molecule has 2 rings (SSSR count). The first-order valence-corrected chi connectivity index (χ1v) is 6.92. The van der Waals surface area contributed by atoms with Crippen molar-refractivity contribution in [1.82, 2.24) is 0 Å². The topological polar surface area (TPSA) is 66.4 Å². The van der Waals surface area contributed by atoms with Crippen LogP contribution in [0.2, 0.25) is 5.02 Å². The highest BCUT2D eigenvalue weighted by Crippen LogP contribution is 2.21. The maximum absolute atomic E-state index is 11.4. The van der Waals surface area contributed by atoms with Crippen LogP contribution in [0.3, 0.4) is 0 Å². The summed E-state index contributed by atoms with van der Waals surface area (Å²) in [6.45, 7) is 1.43. The molecule has 0 spiro atoms. The lowest BCUT2D eigenvalue weighted by atomic mass is 10.0. The first-order valence-electron chi connectivity index (χ1n) is 6.54. The van der Waals surface area contributed by atoms with Crippen molar-refractivity contribution in [2.45, 2.75) is 6.92 Å². The van der Waals surface area contributed by atoms with E-state index in [2.05, 4.69) is 5.32 Å². The number of rotatable bonds is 4. The minimum Gasteiger partial charge on any atom is -0.478 e. The zero-order valence-corrected chi connectivity index (χ0v) is 12.6. The van der Waals surface area contributed by atoms with Gasteiger partial charge in [0, 0.05) is 17.6 Å². The van der Waals surface area contributed by atoms with Crippen LogP contribution in [0.5, 0.6) is 0 Å². The van der Waals surface area contributed by atoms with Crippen LogP contribution in [-0.2, 0) is 9.59 Å². The van der Waals surface area contributed by atoms with E-state index in [4.69, 9.17) is 11.6 Å². The van der Waals surface area contributed by atoms with Crippen LogP contribution in [0.4, 0.5) is 5.69 Å². The number of carboxylic acid groups (broad SMARTS) is 1. The summed E-state index contributed by atoms with van der Waals surface area (Å²) in [6, 6.07) is 13.5. The summed E-state index contributed by atoms with van der Waals surface area (Å²) in [7, 11) is 0. The van der Waals surface area contributed by atoms with Crippen molar-refractivity contribution in [3.05, 3.63) is 64.7 Å². The molecule has 0 saturated carbocycles. The lowest BCUT2D eigenvalue weighted by molar-refractivity contribution is -0.130. The highest BCUT2D eigenvalue weighted by Gasteiger charge is 2.10. The van der Waals surface area contributed by atoms with E-state index in [1.807, 2.05) is 0 Å². The standard InChI is InChI=1S/C17H14ClNO3/c1-11(20)19-15-8-2-12(3-9-15)10-16(17(21)22)13-4-6-14(18)7-5-13/h2-10H,1H3,(H,19,20)(H,21,22). The summed E-state index contributed by atoms with van der Waals surface area (Å²) in [6.07, 6.45) is 1.57. The van der Waals surface area contributed by atoms with Crippen molar-refractivity contribution in [2.24, 2.45) is 0 Å². The number of anilines is 1. The molecule has 112 valence electrons. The van der Waals surface area contributed by atoms with E-state index in [9.17, 15) is 14.7 Å². The second-order valence-corrected chi connectivity index (χ2v) is 5.11. The molecule has 5 heteroatoms. The highest BCUT2D eigenvalue weighted by molar-refractivity contribution is 6.30. The molecule has 0 aromatic heterocycles.